The summed E-state index contributed by atoms with van der Waals surface area (Å²) in [6, 6.07) is 37.3. The Labute approximate surface area is 232 Å². The number of fused-ring (bicyclic) bond motifs is 6. The van der Waals surface area contributed by atoms with Crippen LogP contribution in [-0.2, 0) is 0 Å². The van der Waals surface area contributed by atoms with Crippen molar-refractivity contribution >= 4 is 16.6 Å². The first kappa shape index (κ1) is 22.8. The minimum absolute atomic E-state index is 0.0668. The fraction of sp³-hybridized carbons (Fsp3) is 0.0541. The molecule has 6 aromatic carbocycles. The predicted octanol–water partition coefficient (Wildman–Crippen LogP) is 9.05. The van der Waals surface area contributed by atoms with Crippen molar-refractivity contribution in [1.82, 2.24) is 0 Å². The van der Waals surface area contributed by atoms with Crippen molar-refractivity contribution in [2.45, 2.75) is 0 Å². The third kappa shape index (κ3) is 2.97. The molecule has 0 N–H and O–H groups in total. The number of carbonyl (C=O) groups is 1. The molecule has 0 fully saturated rings. The fourth-order valence-electron chi connectivity index (χ4n) is 6.67. The molecule has 0 amide bonds. The van der Waals surface area contributed by atoms with Gasteiger partial charge in [-0.3, -0.25) is 4.79 Å². The minimum atomic E-state index is 0.0668. The Morgan fingerprint density at radius 2 is 0.875 bits per heavy atom. The number of methoxy groups -OCH3 is 2. The summed E-state index contributed by atoms with van der Waals surface area (Å²) < 4.78 is 11.0. The molecular weight excluding hydrogens is 492 g/mol. The number of hydrogen-bond acceptors (Lipinski definition) is 3. The molecule has 0 radical (unpaired) electrons. The lowest BCUT2D eigenvalue weighted by Crippen LogP contribution is -2.02. The molecule has 0 spiro atoms. The second kappa shape index (κ2) is 8.42. The Hall–Kier alpha value is -5.15. The standard InChI is InChI=1S/C37H24O3/c1-39-24-17-13-22(14-18-24)31-33-26-9-3-4-10-27(26)37(38)36(33)32(23-15-19-25(40-2)20-16-23)35-29-12-6-8-21-7-5-11-28(30(21)29)34(31)35/h3-20H,1-2H3. The number of ether oxygens (including phenoxy) is 2. The average Bonchev–Trinajstić information content (AvgIpc) is 3.50. The first-order valence-electron chi connectivity index (χ1n) is 13.4. The van der Waals surface area contributed by atoms with Crippen molar-refractivity contribution < 1.29 is 14.3 Å². The first-order chi connectivity index (χ1) is 19.7. The second-order valence-electron chi connectivity index (χ2n) is 10.3. The van der Waals surface area contributed by atoms with Gasteiger partial charge in [0.25, 0.3) is 0 Å². The molecule has 190 valence electrons. The average molecular weight is 517 g/mol. The van der Waals surface area contributed by atoms with E-state index in [1.807, 2.05) is 42.5 Å². The molecule has 0 saturated heterocycles. The molecule has 0 aliphatic heterocycles. The molecule has 0 atom stereocenters. The van der Waals surface area contributed by atoms with Gasteiger partial charge in [0.05, 0.1) is 14.2 Å². The van der Waals surface area contributed by atoms with Crippen molar-refractivity contribution in [2.24, 2.45) is 0 Å². The maximum Gasteiger partial charge on any atom is 0.194 e. The zero-order chi connectivity index (χ0) is 27.0. The van der Waals surface area contributed by atoms with Crippen molar-refractivity contribution in [1.29, 1.82) is 0 Å². The van der Waals surface area contributed by atoms with E-state index in [-0.39, 0.29) is 5.78 Å². The summed E-state index contributed by atoms with van der Waals surface area (Å²) in [6.45, 7) is 0. The molecule has 40 heavy (non-hydrogen) atoms. The number of carbonyl (C=O) groups excluding carboxylic acids is 1. The highest BCUT2D eigenvalue weighted by Gasteiger charge is 2.39. The van der Waals surface area contributed by atoms with Crippen LogP contribution in [0.3, 0.4) is 0 Å². The number of ketones is 1. The summed E-state index contributed by atoms with van der Waals surface area (Å²) in [7, 11) is 3.35. The van der Waals surface area contributed by atoms with Crippen LogP contribution in [0.4, 0.5) is 0 Å². The van der Waals surface area contributed by atoms with Crippen LogP contribution in [0.1, 0.15) is 15.9 Å². The van der Waals surface area contributed by atoms with Crippen LogP contribution in [-0.4, -0.2) is 20.0 Å². The van der Waals surface area contributed by atoms with Gasteiger partial charge in [0.1, 0.15) is 11.5 Å². The van der Waals surface area contributed by atoms with E-state index in [0.717, 1.165) is 67.1 Å². The van der Waals surface area contributed by atoms with Gasteiger partial charge in [-0.2, -0.15) is 0 Å². The topological polar surface area (TPSA) is 35.5 Å². The van der Waals surface area contributed by atoms with E-state index < -0.39 is 0 Å². The van der Waals surface area contributed by atoms with Crippen molar-refractivity contribution in [3.63, 3.8) is 0 Å². The van der Waals surface area contributed by atoms with Gasteiger partial charge in [-0.15, -0.1) is 0 Å². The van der Waals surface area contributed by atoms with E-state index in [9.17, 15) is 4.79 Å². The zero-order valence-electron chi connectivity index (χ0n) is 22.1. The summed E-state index contributed by atoms with van der Waals surface area (Å²) in [5.41, 5.74) is 12.3. The van der Waals surface area contributed by atoms with Crippen LogP contribution < -0.4 is 9.47 Å². The van der Waals surface area contributed by atoms with E-state index in [4.69, 9.17) is 9.47 Å². The van der Waals surface area contributed by atoms with Gasteiger partial charge in [-0.1, -0.05) is 84.9 Å². The maximum atomic E-state index is 14.4. The van der Waals surface area contributed by atoms with Crippen LogP contribution >= 0.6 is 0 Å². The molecule has 6 aromatic rings. The normalized spacial score (nSPS) is 12.3. The summed E-state index contributed by atoms with van der Waals surface area (Å²) in [4.78, 5) is 14.4. The van der Waals surface area contributed by atoms with Crippen LogP contribution in [0.2, 0.25) is 0 Å². The van der Waals surface area contributed by atoms with Gasteiger partial charge in [0.2, 0.25) is 0 Å². The van der Waals surface area contributed by atoms with E-state index in [1.165, 1.54) is 21.9 Å². The molecule has 8 rings (SSSR count). The highest BCUT2D eigenvalue weighted by molar-refractivity contribution is 6.33. The van der Waals surface area contributed by atoms with Gasteiger partial charge in [-0.25, -0.2) is 0 Å². The predicted molar refractivity (Wildman–Crippen MR) is 161 cm³/mol. The molecule has 0 unspecified atom stereocenters. The van der Waals surface area contributed by atoms with Crippen LogP contribution in [0.25, 0.3) is 66.4 Å². The minimum Gasteiger partial charge on any atom is -0.497 e. The Morgan fingerprint density at radius 3 is 1.40 bits per heavy atom. The molecule has 0 aromatic heterocycles. The zero-order valence-corrected chi connectivity index (χ0v) is 22.1. The SMILES string of the molecule is COc1ccc(-c2c3c(c(-c4ccc(OC)cc4)c4c2-c2cccc5cccc-4c25)-c2ccccc2C3=O)cc1. The fourth-order valence-corrected chi connectivity index (χ4v) is 6.67. The van der Waals surface area contributed by atoms with E-state index in [0.29, 0.717) is 0 Å². The second-order valence-corrected chi connectivity index (χ2v) is 10.3. The van der Waals surface area contributed by atoms with Crippen molar-refractivity contribution in [3.05, 3.63) is 120 Å². The first-order valence-corrected chi connectivity index (χ1v) is 13.4. The van der Waals surface area contributed by atoms with Crippen LogP contribution in [0.5, 0.6) is 11.5 Å². The Balaban J connectivity index is 1.60. The lowest BCUT2D eigenvalue weighted by Gasteiger charge is -2.22. The molecular formula is C37H24O3. The maximum absolute atomic E-state index is 14.4. The van der Waals surface area contributed by atoms with Crippen LogP contribution in [0, 0.1) is 0 Å². The molecule has 3 heteroatoms. The molecule has 2 aliphatic carbocycles. The quantitative estimate of drug-likeness (QED) is 0.234. The molecule has 0 bridgehead atoms. The van der Waals surface area contributed by atoms with Crippen molar-refractivity contribution in [2.75, 3.05) is 14.2 Å². The largest absolute Gasteiger partial charge is 0.497 e. The van der Waals surface area contributed by atoms with E-state index in [1.54, 1.807) is 14.2 Å². The van der Waals surface area contributed by atoms with Gasteiger partial charge < -0.3 is 9.47 Å². The number of rotatable bonds is 4. The van der Waals surface area contributed by atoms with Gasteiger partial charge in [0, 0.05) is 22.3 Å². The van der Waals surface area contributed by atoms with Crippen LogP contribution in [0.15, 0.2) is 109 Å². The molecule has 0 saturated carbocycles. The third-order valence-corrected chi connectivity index (χ3v) is 8.37. The Bertz CT molecular complexity index is 2010. The molecule has 3 nitrogen and oxygen atoms in total. The lowest BCUT2D eigenvalue weighted by atomic mass is 9.80. The Morgan fingerprint density at radius 1 is 0.425 bits per heavy atom. The smallest absolute Gasteiger partial charge is 0.194 e. The summed E-state index contributed by atoms with van der Waals surface area (Å²) in [5.74, 6) is 1.65. The number of benzene rings is 6. The van der Waals surface area contributed by atoms with E-state index >= 15 is 0 Å². The summed E-state index contributed by atoms with van der Waals surface area (Å²) in [5, 5.41) is 2.42. The monoisotopic (exact) mass is 516 g/mol. The van der Waals surface area contributed by atoms with Gasteiger partial charge in [-0.05, 0) is 79.5 Å². The Kier molecular flexibility index (Phi) is 4.80. The highest BCUT2D eigenvalue weighted by atomic mass is 16.5. The number of hydrogen-bond donors (Lipinski definition) is 0. The lowest BCUT2D eigenvalue weighted by molar-refractivity contribution is 0.104. The summed E-state index contributed by atoms with van der Waals surface area (Å²) in [6.07, 6.45) is 0. The third-order valence-electron chi connectivity index (χ3n) is 8.37. The molecule has 2 aliphatic rings. The van der Waals surface area contributed by atoms with Crippen molar-refractivity contribution in [3.8, 4) is 67.1 Å². The van der Waals surface area contributed by atoms with E-state index in [2.05, 4.69) is 66.7 Å². The highest BCUT2D eigenvalue weighted by Crippen LogP contribution is 2.60. The molecule has 0 heterocycles. The van der Waals surface area contributed by atoms with Gasteiger partial charge >= 0.3 is 0 Å². The summed E-state index contributed by atoms with van der Waals surface area (Å²) >= 11 is 0. The van der Waals surface area contributed by atoms with Gasteiger partial charge in [0.15, 0.2) is 5.78 Å².